The molecule has 1 amide bonds. The van der Waals surface area contributed by atoms with Crippen molar-refractivity contribution in [3.05, 3.63) is 35.8 Å². The number of thiazole rings is 1. The van der Waals surface area contributed by atoms with E-state index in [-0.39, 0.29) is 5.91 Å². The highest BCUT2D eigenvalue weighted by molar-refractivity contribution is 8.00. The average molecular weight is 314 g/mol. The zero-order valence-electron chi connectivity index (χ0n) is 9.93. The van der Waals surface area contributed by atoms with Crippen LogP contribution in [0.2, 0.25) is 0 Å². The van der Waals surface area contributed by atoms with Gasteiger partial charge in [0.05, 0.1) is 0 Å². The zero-order chi connectivity index (χ0) is 13.5. The minimum absolute atomic E-state index is 0.0729. The van der Waals surface area contributed by atoms with E-state index in [2.05, 4.69) is 15.0 Å². The fourth-order valence-electron chi connectivity index (χ4n) is 1.29. The van der Waals surface area contributed by atoms with Crippen LogP contribution in [0.1, 0.15) is 6.42 Å². The summed E-state index contributed by atoms with van der Waals surface area (Å²) in [7, 11) is 0. The summed E-state index contributed by atoms with van der Waals surface area (Å²) >= 11 is 8.53. The highest BCUT2D eigenvalue weighted by Crippen LogP contribution is 2.23. The maximum Gasteiger partial charge on any atom is 0.225 e. The molecule has 0 bridgehead atoms. The van der Waals surface area contributed by atoms with E-state index in [1.807, 2.05) is 29.6 Å². The number of benzene rings is 1. The zero-order valence-corrected chi connectivity index (χ0v) is 12.3. The Hall–Kier alpha value is -1.24. The van der Waals surface area contributed by atoms with Gasteiger partial charge >= 0.3 is 0 Å². The Bertz CT molecular complexity index is 516. The van der Waals surface area contributed by atoms with E-state index < -0.39 is 0 Å². The number of carbonyl (C=O) groups is 1. The first kappa shape index (κ1) is 14.2. The summed E-state index contributed by atoms with van der Waals surface area (Å²) in [5.74, 6) is 0.258. The van der Waals surface area contributed by atoms with Gasteiger partial charge in [-0.25, -0.2) is 4.98 Å². The van der Waals surface area contributed by atoms with Crippen molar-refractivity contribution in [1.82, 2.24) is 4.98 Å². The maximum absolute atomic E-state index is 11.4. The molecule has 0 radical (unpaired) electrons. The van der Waals surface area contributed by atoms with Crippen LogP contribution in [0, 0.1) is 0 Å². The van der Waals surface area contributed by atoms with Gasteiger partial charge in [-0.2, -0.15) is 0 Å². The van der Waals surface area contributed by atoms with Gasteiger partial charge in [0.1, 0.15) is 0 Å². The lowest BCUT2D eigenvalue weighted by molar-refractivity contribution is -0.115. The van der Waals surface area contributed by atoms with Crippen LogP contribution < -0.4 is 10.0 Å². The van der Waals surface area contributed by atoms with Crippen molar-refractivity contribution in [3.63, 3.8) is 0 Å². The first-order chi connectivity index (χ1) is 9.28. The third-order valence-corrected chi connectivity index (χ3v) is 3.96. The summed E-state index contributed by atoms with van der Waals surface area (Å²) < 4.78 is 3.14. The molecule has 2 rings (SSSR count). The monoisotopic (exact) mass is 313 g/mol. The van der Waals surface area contributed by atoms with Crippen molar-refractivity contribution < 1.29 is 4.79 Å². The Morgan fingerprint density at radius 3 is 2.79 bits per heavy atom. The number of hydrogen-bond acceptors (Lipinski definition) is 5. The topological polar surface area (TPSA) is 54.0 Å². The molecule has 0 unspecified atom stereocenters. The molecular formula is C12H12ClN3OS2. The molecule has 0 aliphatic rings. The van der Waals surface area contributed by atoms with Gasteiger partial charge < -0.3 is 10.0 Å². The number of nitrogens with zero attached hydrogens (tertiary/aromatic N) is 1. The van der Waals surface area contributed by atoms with Crippen LogP contribution in [-0.4, -0.2) is 16.8 Å². The predicted octanol–water partition coefficient (Wildman–Crippen LogP) is 3.83. The summed E-state index contributed by atoms with van der Waals surface area (Å²) in [6.07, 6.45) is 2.08. The second-order valence-electron chi connectivity index (χ2n) is 3.55. The summed E-state index contributed by atoms with van der Waals surface area (Å²) in [4.78, 5) is 16.5. The van der Waals surface area contributed by atoms with Crippen LogP contribution in [-0.2, 0) is 4.79 Å². The SMILES string of the molecule is O=C(CCCl)Nc1ccc(SNc2nccs2)cc1. The Morgan fingerprint density at radius 1 is 1.37 bits per heavy atom. The van der Waals surface area contributed by atoms with Crippen LogP contribution >= 0.6 is 34.9 Å². The van der Waals surface area contributed by atoms with Crippen LogP contribution in [0.4, 0.5) is 10.8 Å². The van der Waals surface area contributed by atoms with Gasteiger partial charge in [0.2, 0.25) is 5.91 Å². The van der Waals surface area contributed by atoms with Gasteiger partial charge in [0, 0.05) is 34.5 Å². The number of anilines is 2. The lowest BCUT2D eigenvalue weighted by atomic mass is 10.3. The fourth-order valence-corrected chi connectivity index (χ4v) is 2.68. The highest BCUT2D eigenvalue weighted by Gasteiger charge is 2.02. The van der Waals surface area contributed by atoms with E-state index in [9.17, 15) is 4.79 Å². The molecule has 0 spiro atoms. The average Bonchev–Trinajstić information content (AvgIpc) is 2.91. The molecule has 0 saturated heterocycles. The van der Waals surface area contributed by atoms with E-state index in [0.29, 0.717) is 12.3 Å². The minimum atomic E-state index is -0.0729. The Kier molecular flexibility index (Phi) is 5.50. The quantitative estimate of drug-likeness (QED) is 0.628. The number of aromatic nitrogens is 1. The molecular weight excluding hydrogens is 302 g/mol. The molecule has 0 saturated carbocycles. The lowest BCUT2D eigenvalue weighted by Gasteiger charge is -2.05. The van der Waals surface area contributed by atoms with E-state index >= 15 is 0 Å². The number of hydrogen-bond donors (Lipinski definition) is 2. The number of alkyl halides is 1. The Balaban J connectivity index is 1.85. The molecule has 2 N–H and O–H groups in total. The van der Waals surface area contributed by atoms with E-state index in [1.165, 1.54) is 11.9 Å². The number of halogens is 1. The maximum atomic E-state index is 11.4. The highest BCUT2D eigenvalue weighted by atomic mass is 35.5. The molecule has 19 heavy (non-hydrogen) atoms. The smallest absolute Gasteiger partial charge is 0.225 e. The lowest BCUT2D eigenvalue weighted by Crippen LogP contribution is -2.11. The van der Waals surface area contributed by atoms with Gasteiger partial charge in [-0.15, -0.1) is 22.9 Å². The Morgan fingerprint density at radius 2 is 2.16 bits per heavy atom. The number of amides is 1. The van der Waals surface area contributed by atoms with E-state index in [0.717, 1.165) is 15.7 Å². The van der Waals surface area contributed by atoms with Crippen LogP contribution in [0.25, 0.3) is 0 Å². The molecule has 7 heteroatoms. The van der Waals surface area contributed by atoms with Crippen LogP contribution in [0.3, 0.4) is 0 Å². The van der Waals surface area contributed by atoms with Gasteiger partial charge in [-0.05, 0) is 36.2 Å². The molecule has 4 nitrogen and oxygen atoms in total. The van der Waals surface area contributed by atoms with Crippen molar-refractivity contribution >= 4 is 51.6 Å². The molecule has 1 aromatic heterocycles. The number of rotatable bonds is 6. The van der Waals surface area contributed by atoms with Gasteiger partial charge in [-0.3, -0.25) is 4.79 Å². The van der Waals surface area contributed by atoms with Crippen molar-refractivity contribution in [2.24, 2.45) is 0 Å². The first-order valence-corrected chi connectivity index (χ1v) is 7.79. The van der Waals surface area contributed by atoms with Crippen LogP contribution in [0.5, 0.6) is 0 Å². The summed E-state index contributed by atoms with van der Waals surface area (Å²) in [5.41, 5.74) is 0.772. The standard InChI is InChI=1S/C12H12ClN3OS2/c13-6-5-11(17)15-9-1-3-10(4-2-9)19-16-12-14-7-8-18-12/h1-4,7-8H,5-6H2,(H,14,16)(H,15,17). The molecule has 0 aliphatic heterocycles. The van der Waals surface area contributed by atoms with Gasteiger partial charge in [0.25, 0.3) is 0 Å². The Labute approximate surface area is 124 Å². The van der Waals surface area contributed by atoms with Gasteiger partial charge in [-0.1, -0.05) is 0 Å². The third kappa shape index (κ3) is 4.74. The van der Waals surface area contributed by atoms with E-state index in [4.69, 9.17) is 11.6 Å². The molecule has 0 aliphatic carbocycles. The second-order valence-corrected chi connectivity index (χ2v) is 5.71. The van der Waals surface area contributed by atoms with Crippen LogP contribution in [0.15, 0.2) is 40.7 Å². The fraction of sp³-hybridized carbons (Fsp3) is 0.167. The largest absolute Gasteiger partial charge is 0.326 e. The van der Waals surface area contributed by atoms with Gasteiger partial charge in [0.15, 0.2) is 5.13 Å². The summed E-state index contributed by atoms with van der Waals surface area (Å²) in [6, 6.07) is 7.58. The second kappa shape index (κ2) is 7.37. The summed E-state index contributed by atoms with van der Waals surface area (Å²) in [5, 5.41) is 5.56. The van der Waals surface area contributed by atoms with Crippen molar-refractivity contribution in [2.45, 2.75) is 11.3 Å². The minimum Gasteiger partial charge on any atom is -0.326 e. The first-order valence-electron chi connectivity index (χ1n) is 5.56. The molecule has 1 heterocycles. The molecule has 1 aromatic carbocycles. The number of carbonyl (C=O) groups excluding carboxylic acids is 1. The number of nitrogens with one attached hydrogen (secondary N) is 2. The third-order valence-electron chi connectivity index (χ3n) is 2.15. The molecule has 0 atom stereocenters. The normalized spacial score (nSPS) is 10.2. The van der Waals surface area contributed by atoms with E-state index in [1.54, 1.807) is 17.5 Å². The van der Waals surface area contributed by atoms with Crippen molar-refractivity contribution in [1.29, 1.82) is 0 Å². The van der Waals surface area contributed by atoms with Crippen molar-refractivity contribution in [2.75, 3.05) is 15.9 Å². The summed E-state index contributed by atoms with van der Waals surface area (Å²) in [6.45, 7) is 0. The molecule has 2 aromatic rings. The predicted molar refractivity (Wildman–Crippen MR) is 82.0 cm³/mol. The molecule has 0 fully saturated rings. The van der Waals surface area contributed by atoms with Crippen molar-refractivity contribution in [3.8, 4) is 0 Å². The molecule has 100 valence electrons.